The standard InChI is InChI=1S/C54H101NO4/c1-3-5-7-9-11-13-15-17-19-21-22-23-24-25-26-27-28-29-30-31-32-33-35-37-39-41-43-45-47-49-53(58)54(59)55-51(50-56)52(57)48-46-44-42-40-38-36-34-20-18-16-14-12-10-8-6-4-2/h18,20,25-26,38,40,46,48,51-53,56-58H,3-17,19,21-24,27-37,39,41-45,47,49-50H2,1-2H3,(H,55,59)/b20-18+,26-25-,40-38+,48-46+. The lowest BCUT2D eigenvalue weighted by Gasteiger charge is -2.21. The van der Waals surface area contributed by atoms with Crippen molar-refractivity contribution in [3.8, 4) is 0 Å². The second kappa shape index (κ2) is 49.0. The molecule has 4 N–H and O–H groups in total. The van der Waals surface area contributed by atoms with Gasteiger partial charge in [0.1, 0.15) is 6.10 Å². The highest BCUT2D eigenvalue weighted by Crippen LogP contribution is 2.16. The second-order valence-corrected chi connectivity index (χ2v) is 17.7. The molecule has 0 bridgehead atoms. The average molecular weight is 828 g/mol. The minimum atomic E-state index is -1.11. The number of allylic oxidation sites excluding steroid dienone is 7. The van der Waals surface area contributed by atoms with Gasteiger partial charge in [-0.05, 0) is 70.6 Å². The molecular formula is C54H101NO4. The van der Waals surface area contributed by atoms with E-state index in [9.17, 15) is 20.1 Å². The first-order chi connectivity index (χ1) is 29.1. The lowest BCUT2D eigenvalue weighted by Crippen LogP contribution is -2.48. The van der Waals surface area contributed by atoms with Crippen LogP contribution in [0.15, 0.2) is 48.6 Å². The van der Waals surface area contributed by atoms with Crippen LogP contribution in [0.4, 0.5) is 0 Å². The van der Waals surface area contributed by atoms with E-state index >= 15 is 0 Å². The third-order valence-electron chi connectivity index (χ3n) is 11.9. The Balaban J connectivity index is 3.60. The molecule has 0 spiro atoms. The lowest BCUT2D eigenvalue weighted by molar-refractivity contribution is -0.131. The van der Waals surface area contributed by atoms with Crippen molar-refractivity contribution in [3.63, 3.8) is 0 Å². The first kappa shape index (κ1) is 57.3. The van der Waals surface area contributed by atoms with E-state index in [0.29, 0.717) is 6.42 Å². The van der Waals surface area contributed by atoms with Gasteiger partial charge in [-0.2, -0.15) is 0 Å². The molecule has 0 aliphatic carbocycles. The summed E-state index contributed by atoms with van der Waals surface area (Å²) in [4.78, 5) is 12.5. The number of hydrogen-bond acceptors (Lipinski definition) is 4. The normalized spacial score (nSPS) is 13.8. The van der Waals surface area contributed by atoms with Crippen LogP contribution in [0, 0.1) is 0 Å². The summed E-state index contributed by atoms with van der Waals surface area (Å²) in [5, 5.41) is 33.2. The number of carbonyl (C=O) groups excluding carboxylic acids is 1. The van der Waals surface area contributed by atoms with Crippen LogP contribution in [-0.4, -0.2) is 46.1 Å². The van der Waals surface area contributed by atoms with Crippen molar-refractivity contribution >= 4 is 5.91 Å². The van der Waals surface area contributed by atoms with Crippen LogP contribution in [0.5, 0.6) is 0 Å². The van der Waals surface area contributed by atoms with E-state index in [4.69, 9.17) is 0 Å². The highest BCUT2D eigenvalue weighted by Gasteiger charge is 2.22. The maximum atomic E-state index is 12.5. The van der Waals surface area contributed by atoms with Crippen LogP contribution >= 0.6 is 0 Å². The Labute approximate surface area is 367 Å². The number of amides is 1. The van der Waals surface area contributed by atoms with Crippen molar-refractivity contribution in [1.82, 2.24) is 5.32 Å². The number of rotatable bonds is 47. The van der Waals surface area contributed by atoms with Crippen LogP contribution in [0.1, 0.15) is 264 Å². The molecule has 0 fully saturated rings. The quantitative estimate of drug-likeness (QED) is 0.0363. The summed E-state index contributed by atoms with van der Waals surface area (Å²) in [6.45, 7) is 4.17. The van der Waals surface area contributed by atoms with Gasteiger partial charge < -0.3 is 20.6 Å². The fourth-order valence-corrected chi connectivity index (χ4v) is 7.80. The molecule has 346 valence electrons. The first-order valence-corrected chi connectivity index (χ1v) is 26.0. The van der Waals surface area contributed by atoms with Crippen molar-refractivity contribution in [2.45, 2.75) is 283 Å². The molecule has 0 heterocycles. The second-order valence-electron chi connectivity index (χ2n) is 17.7. The zero-order chi connectivity index (χ0) is 43.0. The molecule has 0 rings (SSSR count). The minimum Gasteiger partial charge on any atom is -0.394 e. The van der Waals surface area contributed by atoms with Crippen LogP contribution in [0.3, 0.4) is 0 Å². The van der Waals surface area contributed by atoms with E-state index in [2.05, 4.69) is 55.6 Å². The molecule has 0 saturated heterocycles. The van der Waals surface area contributed by atoms with Crippen molar-refractivity contribution in [2.24, 2.45) is 0 Å². The van der Waals surface area contributed by atoms with Gasteiger partial charge in [0.15, 0.2) is 0 Å². The summed E-state index contributed by atoms with van der Waals surface area (Å²) in [5.41, 5.74) is 0. The van der Waals surface area contributed by atoms with Gasteiger partial charge in [-0.15, -0.1) is 0 Å². The third kappa shape index (κ3) is 44.2. The Morgan fingerprint density at radius 3 is 1.03 bits per heavy atom. The number of nitrogens with one attached hydrogen (secondary N) is 1. The predicted molar refractivity (Wildman–Crippen MR) is 259 cm³/mol. The molecule has 0 aliphatic rings. The molecule has 5 nitrogen and oxygen atoms in total. The van der Waals surface area contributed by atoms with Gasteiger partial charge in [0.25, 0.3) is 0 Å². The van der Waals surface area contributed by atoms with Crippen LogP contribution < -0.4 is 5.32 Å². The summed E-state index contributed by atoms with van der Waals surface area (Å²) < 4.78 is 0. The summed E-state index contributed by atoms with van der Waals surface area (Å²) in [5.74, 6) is -0.516. The molecule has 0 aromatic rings. The van der Waals surface area contributed by atoms with Gasteiger partial charge in [0.2, 0.25) is 5.91 Å². The average Bonchev–Trinajstić information content (AvgIpc) is 3.24. The molecule has 5 heteroatoms. The van der Waals surface area contributed by atoms with Gasteiger partial charge in [-0.3, -0.25) is 4.79 Å². The number of hydrogen-bond donors (Lipinski definition) is 4. The van der Waals surface area contributed by atoms with Gasteiger partial charge in [-0.25, -0.2) is 0 Å². The minimum absolute atomic E-state index is 0.381. The Kier molecular flexibility index (Phi) is 47.6. The van der Waals surface area contributed by atoms with Crippen molar-refractivity contribution in [1.29, 1.82) is 0 Å². The topological polar surface area (TPSA) is 89.8 Å². The molecule has 1 amide bonds. The molecule has 0 aromatic carbocycles. The fourth-order valence-electron chi connectivity index (χ4n) is 7.80. The zero-order valence-corrected chi connectivity index (χ0v) is 39.4. The SMILES string of the molecule is CCCCCCCC/C=C/CC/C=C/CC/C=C/C(O)C(CO)NC(=O)C(O)CCCCCCCCCCCCCCC/C=C\CCCCCCCCCCCCCC. The maximum Gasteiger partial charge on any atom is 0.249 e. The molecule has 59 heavy (non-hydrogen) atoms. The number of carbonyl (C=O) groups is 1. The summed E-state index contributed by atoms with van der Waals surface area (Å²) in [6.07, 6.45) is 64.6. The fraction of sp³-hybridized carbons (Fsp3) is 0.833. The van der Waals surface area contributed by atoms with Crippen LogP contribution in [-0.2, 0) is 4.79 Å². The largest absolute Gasteiger partial charge is 0.394 e. The Morgan fingerprint density at radius 1 is 0.407 bits per heavy atom. The van der Waals surface area contributed by atoms with E-state index in [-0.39, 0.29) is 6.61 Å². The van der Waals surface area contributed by atoms with E-state index in [1.807, 2.05) is 6.08 Å². The number of unbranched alkanes of at least 4 members (excludes halogenated alkanes) is 33. The van der Waals surface area contributed by atoms with Gasteiger partial charge in [-0.1, -0.05) is 242 Å². The maximum absolute atomic E-state index is 12.5. The number of aliphatic hydroxyl groups excluding tert-OH is 3. The van der Waals surface area contributed by atoms with E-state index in [0.717, 1.165) is 44.9 Å². The molecular weight excluding hydrogens is 727 g/mol. The summed E-state index contributed by atoms with van der Waals surface area (Å²) in [7, 11) is 0. The molecule has 0 aliphatic heterocycles. The molecule has 0 saturated carbocycles. The summed E-state index contributed by atoms with van der Waals surface area (Å²) in [6, 6.07) is -0.821. The van der Waals surface area contributed by atoms with Gasteiger partial charge >= 0.3 is 0 Å². The third-order valence-corrected chi connectivity index (χ3v) is 11.9. The Hall–Kier alpha value is -1.69. The molecule has 0 radical (unpaired) electrons. The summed E-state index contributed by atoms with van der Waals surface area (Å²) >= 11 is 0. The van der Waals surface area contributed by atoms with E-state index in [1.165, 1.54) is 199 Å². The van der Waals surface area contributed by atoms with E-state index < -0.39 is 24.2 Å². The van der Waals surface area contributed by atoms with Gasteiger partial charge in [0, 0.05) is 0 Å². The smallest absolute Gasteiger partial charge is 0.249 e. The van der Waals surface area contributed by atoms with Crippen molar-refractivity contribution in [3.05, 3.63) is 48.6 Å². The molecule has 3 atom stereocenters. The Morgan fingerprint density at radius 2 is 0.695 bits per heavy atom. The van der Waals surface area contributed by atoms with Crippen LogP contribution in [0.2, 0.25) is 0 Å². The van der Waals surface area contributed by atoms with Gasteiger partial charge in [0.05, 0.1) is 18.8 Å². The van der Waals surface area contributed by atoms with Crippen LogP contribution in [0.25, 0.3) is 0 Å². The first-order valence-electron chi connectivity index (χ1n) is 26.0. The lowest BCUT2D eigenvalue weighted by atomic mass is 10.0. The molecule has 3 unspecified atom stereocenters. The Bertz CT molecular complexity index is 958. The highest BCUT2D eigenvalue weighted by molar-refractivity contribution is 5.80. The predicted octanol–water partition coefficient (Wildman–Crippen LogP) is 15.7. The van der Waals surface area contributed by atoms with Crippen molar-refractivity contribution < 1.29 is 20.1 Å². The zero-order valence-electron chi connectivity index (χ0n) is 39.4. The van der Waals surface area contributed by atoms with E-state index in [1.54, 1.807) is 6.08 Å². The highest BCUT2D eigenvalue weighted by atomic mass is 16.3. The molecule has 0 aromatic heterocycles. The number of aliphatic hydroxyl groups is 3. The monoisotopic (exact) mass is 828 g/mol. The van der Waals surface area contributed by atoms with Crippen molar-refractivity contribution in [2.75, 3.05) is 6.61 Å².